The molecule has 0 radical (unpaired) electrons. The van der Waals surface area contributed by atoms with Crippen molar-refractivity contribution in [2.24, 2.45) is 5.92 Å². The van der Waals surface area contributed by atoms with Crippen LogP contribution >= 0.6 is 0 Å². The maximum Gasteiger partial charge on any atom is 0.349 e. The normalized spacial score (nSPS) is 28.6. The summed E-state index contributed by atoms with van der Waals surface area (Å²) in [6.45, 7) is 13.1. The van der Waals surface area contributed by atoms with E-state index < -0.39 is 82.0 Å². The predicted octanol–water partition coefficient (Wildman–Crippen LogP) is 4.27. The van der Waals surface area contributed by atoms with Gasteiger partial charge in [-0.15, -0.1) is 0 Å². The fourth-order valence-corrected chi connectivity index (χ4v) is 4.53. The molecule has 0 amide bonds. The average Bonchev–Trinajstić information content (AvgIpc) is 2.98. The van der Waals surface area contributed by atoms with Gasteiger partial charge in [-0.05, 0) is 38.2 Å². The van der Waals surface area contributed by atoms with Gasteiger partial charge in [0.25, 0.3) is 23.5 Å². The first-order chi connectivity index (χ1) is 24.0. The van der Waals surface area contributed by atoms with Crippen LogP contribution in [0.25, 0.3) is 0 Å². The standard InChI is InChI=1S/C36H38O16/c1-18(2)34(7)47-27(39)22(28(40)48-34)15-11-20(4)13-17-24-31(43)51-36(9,52-32(24)44)35(8)49-29(41)23(30(42)50-35)16-12-19(3)10-14-21-25(37)45-33(5,6)46-26(21)38/h10-18,37,43H,1-9H3/b14-10+,17-13+,19-12+,20-11+,22-15?,23-16?. The van der Waals surface area contributed by atoms with Crippen LogP contribution in [-0.2, 0) is 66.7 Å². The summed E-state index contributed by atoms with van der Waals surface area (Å²) in [4.78, 5) is 75.9. The lowest BCUT2D eigenvalue weighted by atomic mass is 10.0. The number of aliphatic hydroxyl groups excluding tert-OH is 2. The summed E-state index contributed by atoms with van der Waals surface area (Å²) in [6.07, 6.45) is 10.0. The first-order valence-electron chi connectivity index (χ1n) is 15.8. The van der Waals surface area contributed by atoms with Crippen molar-refractivity contribution in [1.82, 2.24) is 0 Å². The molecule has 52 heavy (non-hydrogen) atoms. The lowest BCUT2D eigenvalue weighted by Gasteiger charge is -2.45. The van der Waals surface area contributed by atoms with Crippen molar-refractivity contribution in [2.45, 2.75) is 85.5 Å². The number of rotatable bonds is 8. The third-order valence-corrected chi connectivity index (χ3v) is 8.13. The van der Waals surface area contributed by atoms with Gasteiger partial charge < -0.3 is 48.1 Å². The molecule has 1 unspecified atom stereocenters. The third kappa shape index (κ3) is 7.95. The van der Waals surface area contributed by atoms with Crippen molar-refractivity contribution in [3.8, 4) is 0 Å². The molecule has 0 bridgehead atoms. The van der Waals surface area contributed by atoms with Gasteiger partial charge in [-0.25, -0.2) is 28.8 Å². The van der Waals surface area contributed by atoms with E-state index in [-0.39, 0.29) is 17.1 Å². The number of ether oxygens (including phenoxy) is 8. The maximum atomic E-state index is 13.0. The molecule has 0 aromatic heterocycles. The fraction of sp³-hybridized carbons (Fsp3) is 0.389. The van der Waals surface area contributed by atoms with Crippen LogP contribution in [0.2, 0.25) is 0 Å². The van der Waals surface area contributed by atoms with Crippen LogP contribution in [-0.4, -0.2) is 69.2 Å². The van der Waals surface area contributed by atoms with Gasteiger partial charge in [0.05, 0.1) is 0 Å². The molecule has 4 aliphatic rings. The molecule has 4 rings (SSSR count). The van der Waals surface area contributed by atoms with E-state index in [0.29, 0.717) is 11.1 Å². The lowest BCUT2D eigenvalue weighted by molar-refractivity contribution is -0.365. The molecular weight excluding hydrogens is 688 g/mol. The molecule has 0 spiro atoms. The summed E-state index contributed by atoms with van der Waals surface area (Å²) < 4.78 is 42.2. The number of aliphatic hydroxyl groups is 2. The lowest BCUT2D eigenvalue weighted by Crippen LogP contribution is -2.63. The number of cyclic esters (lactones) is 6. The van der Waals surface area contributed by atoms with Gasteiger partial charge >= 0.3 is 47.4 Å². The summed E-state index contributed by atoms with van der Waals surface area (Å²) in [5.74, 6) is -15.4. The summed E-state index contributed by atoms with van der Waals surface area (Å²) in [6, 6.07) is 0. The average molecular weight is 727 g/mol. The number of allylic oxidation sites excluding steroid dienone is 8. The van der Waals surface area contributed by atoms with Crippen molar-refractivity contribution in [3.63, 3.8) is 0 Å². The molecule has 2 fully saturated rings. The van der Waals surface area contributed by atoms with E-state index in [1.54, 1.807) is 27.7 Å². The minimum atomic E-state index is -2.37. The predicted molar refractivity (Wildman–Crippen MR) is 174 cm³/mol. The molecule has 0 aromatic rings. The number of hydrogen-bond acceptors (Lipinski definition) is 16. The first-order valence-corrected chi connectivity index (χ1v) is 15.8. The van der Waals surface area contributed by atoms with Gasteiger partial charge in [0.1, 0.15) is 22.3 Å². The third-order valence-electron chi connectivity index (χ3n) is 8.13. The summed E-state index contributed by atoms with van der Waals surface area (Å²) in [5.41, 5.74) is -0.817. The van der Waals surface area contributed by atoms with E-state index in [0.717, 1.165) is 26.0 Å². The van der Waals surface area contributed by atoms with E-state index in [9.17, 15) is 39.0 Å². The minimum Gasteiger partial charge on any atom is -0.480 e. The van der Waals surface area contributed by atoms with Crippen LogP contribution in [0.4, 0.5) is 0 Å². The Labute approximate surface area is 297 Å². The Morgan fingerprint density at radius 1 is 0.538 bits per heavy atom. The van der Waals surface area contributed by atoms with E-state index in [2.05, 4.69) is 0 Å². The second-order valence-electron chi connectivity index (χ2n) is 13.1. The molecule has 278 valence electrons. The molecule has 4 heterocycles. The second kappa shape index (κ2) is 13.9. The highest BCUT2D eigenvalue weighted by molar-refractivity contribution is 6.16. The number of carbonyl (C=O) groups excluding carboxylic acids is 6. The Balaban J connectivity index is 1.45. The smallest absolute Gasteiger partial charge is 0.349 e. The Morgan fingerprint density at radius 3 is 1.31 bits per heavy atom. The Hall–Kier alpha value is -6.06. The summed E-state index contributed by atoms with van der Waals surface area (Å²) >= 11 is 0. The zero-order valence-corrected chi connectivity index (χ0v) is 29.8. The molecule has 0 aromatic carbocycles. The monoisotopic (exact) mass is 726 g/mol. The van der Waals surface area contributed by atoms with Gasteiger partial charge in [0.15, 0.2) is 0 Å². The SMILES string of the molecule is CC(/C=C/C1=C(O)OC(C)(C)OC1=O)=C\C=C1C(=O)OC(C)(C2(C)OC(=O)C(/C=C/C(C)=C/C=C3C(=O)OC(C)(C(C)C)OC3=O)=C(O)O2)OC1=O. The Morgan fingerprint density at radius 2 is 0.904 bits per heavy atom. The minimum absolute atomic E-state index is 0.257. The van der Waals surface area contributed by atoms with E-state index in [4.69, 9.17) is 37.9 Å². The molecule has 2 saturated heterocycles. The van der Waals surface area contributed by atoms with Crippen LogP contribution in [0, 0.1) is 5.92 Å². The maximum absolute atomic E-state index is 13.0. The van der Waals surface area contributed by atoms with Crippen LogP contribution in [0.15, 0.2) is 93.9 Å². The van der Waals surface area contributed by atoms with Crippen LogP contribution in [0.3, 0.4) is 0 Å². The molecule has 1 atom stereocenters. The van der Waals surface area contributed by atoms with E-state index in [1.165, 1.54) is 57.2 Å². The highest BCUT2D eigenvalue weighted by Crippen LogP contribution is 2.41. The number of carbonyl (C=O) groups is 6. The number of esters is 6. The van der Waals surface area contributed by atoms with Crippen molar-refractivity contribution in [3.05, 3.63) is 93.9 Å². The molecule has 16 nitrogen and oxygen atoms in total. The fourth-order valence-electron chi connectivity index (χ4n) is 4.53. The molecular formula is C36H38O16. The molecule has 16 heteroatoms. The van der Waals surface area contributed by atoms with Gasteiger partial charge in [-0.1, -0.05) is 49.3 Å². The zero-order valence-electron chi connectivity index (χ0n) is 29.8. The largest absolute Gasteiger partial charge is 0.480 e. The van der Waals surface area contributed by atoms with Gasteiger partial charge in [0.2, 0.25) is 0 Å². The van der Waals surface area contributed by atoms with Gasteiger partial charge in [-0.2, -0.15) is 0 Å². The van der Waals surface area contributed by atoms with Crippen LogP contribution in [0.1, 0.15) is 62.3 Å². The van der Waals surface area contributed by atoms with Crippen molar-refractivity contribution in [2.75, 3.05) is 0 Å². The Bertz CT molecular complexity index is 1840. The van der Waals surface area contributed by atoms with Crippen molar-refractivity contribution >= 4 is 35.8 Å². The summed E-state index contributed by atoms with van der Waals surface area (Å²) in [5, 5.41) is 20.7. The first kappa shape index (κ1) is 38.7. The quantitative estimate of drug-likeness (QED) is 0.117. The molecule has 2 N–H and O–H groups in total. The summed E-state index contributed by atoms with van der Waals surface area (Å²) in [7, 11) is 0. The zero-order chi connectivity index (χ0) is 39.0. The van der Waals surface area contributed by atoms with Crippen molar-refractivity contribution < 1.29 is 76.9 Å². The topological polar surface area (TPSA) is 217 Å². The second-order valence-corrected chi connectivity index (χ2v) is 13.1. The highest BCUT2D eigenvalue weighted by atomic mass is 16.8. The van der Waals surface area contributed by atoms with Crippen molar-refractivity contribution in [1.29, 1.82) is 0 Å². The molecule has 4 aliphatic heterocycles. The van der Waals surface area contributed by atoms with Gasteiger partial charge in [-0.3, -0.25) is 0 Å². The molecule has 0 saturated carbocycles. The molecule has 0 aliphatic carbocycles. The number of hydrogen-bond donors (Lipinski definition) is 2. The van der Waals surface area contributed by atoms with E-state index in [1.807, 2.05) is 0 Å². The van der Waals surface area contributed by atoms with Gasteiger partial charge in [0, 0.05) is 40.5 Å². The van der Waals surface area contributed by atoms with Crippen LogP contribution in [0.5, 0.6) is 0 Å². The van der Waals surface area contributed by atoms with E-state index >= 15 is 0 Å². The highest BCUT2D eigenvalue weighted by Gasteiger charge is 2.63. The Kier molecular flexibility index (Phi) is 10.4. The van der Waals surface area contributed by atoms with Crippen LogP contribution < -0.4 is 0 Å².